The van der Waals surface area contributed by atoms with Crippen LogP contribution in [0.1, 0.15) is 6.92 Å². The van der Waals surface area contributed by atoms with Crippen molar-refractivity contribution in [3.05, 3.63) is 44.3 Å². The van der Waals surface area contributed by atoms with Crippen molar-refractivity contribution in [3.8, 4) is 0 Å². The van der Waals surface area contributed by atoms with Crippen molar-refractivity contribution in [2.24, 2.45) is 0 Å². The van der Waals surface area contributed by atoms with E-state index in [-0.39, 0.29) is 5.70 Å². The molecule has 0 rings (SSSR count). The highest BCUT2D eigenvalue weighted by Crippen LogP contribution is 2.00. The minimum Gasteiger partial charge on any atom is -0.259 e. The van der Waals surface area contributed by atoms with Gasteiger partial charge in [-0.1, -0.05) is 0 Å². The highest BCUT2D eigenvalue weighted by Gasteiger charge is 2.08. The second-order valence-corrected chi connectivity index (χ2v) is 1.79. The molecule has 0 aliphatic carbocycles. The molecule has 11 heavy (non-hydrogen) atoms. The van der Waals surface area contributed by atoms with Crippen molar-refractivity contribution in [3.63, 3.8) is 0 Å². The highest BCUT2D eigenvalue weighted by atomic mass is 16.6. The van der Waals surface area contributed by atoms with Crippen molar-refractivity contribution < 1.29 is 9.85 Å². The Balaban J connectivity index is 4.44. The molecule has 0 saturated heterocycles. The third-order valence-electron chi connectivity index (χ3n) is 0.898. The summed E-state index contributed by atoms with van der Waals surface area (Å²) in [6.07, 6.45) is 0.806. The Morgan fingerprint density at radius 3 is 2.09 bits per heavy atom. The van der Waals surface area contributed by atoms with E-state index in [9.17, 15) is 20.2 Å². The number of hydrogen-bond donors (Lipinski definition) is 0. The molecule has 0 saturated carbocycles. The van der Waals surface area contributed by atoms with Crippen LogP contribution < -0.4 is 0 Å². The molecule has 0 heterocycles. The Morgan fingerprint density at radius 2 is 1.82 bits per heavy atom. The summed E-state index contributed by atoms with van der Waals surface area (Å²) in [5.74, 6) is 0. The predicted molar refractivity (Wildman–Crippen MR) is 36.9 cm³/mol. The zero-order valence-corrected chi connectivity index (χ0v) is 5.81. The van der Waals surface area contributed by atoms with E-state index in [2.05, 4.69) is 6.58 Å². The summed E-state index contributed by atoms with van der Waals surface area (Å²) in [7, 11) is 0. The van der Waals surface area contributed by atoms with Gasteiger partial charge in [-0.25, -0.2) is 0 Å². The summed E-state index contributed by atoms with van der Waals surface area (Å²) in [6.45, 7) is 4.16. The van der Waals surface area contributed by atoms with Crippen LogP contribution in [0.2, 0.25) is 0 Å². The van der Waals surface area contributed by atoms with Crippen LogP contribution in [0.4, 0.5) is 0 Å². The van der Waals surface area contributed by atoms with Gasteiger partial charge in [-0.15, -0.1) is 0 Å². The average Bonchev–Trinajstić information content (AvgIpc) is 1.87. The van der Waals surface area contributed by atoms with E-state index >= 15 is 0 Å². The summed E-state index contributed by atoms with van der Waals surface area (Å²) in [5.41, 5.74) is -0.786. The van der Waals surface area contributed by atoms with Crippen LogP contribution in [0.5, 0.6) is 0 Å². The molecule has 0 N–H and O–H groups in total. The van der Waals surface area contributed by atoms with Gasteiger partial charge in [0.2, 0.25) is 5.70 Å². The number of nitro groups is 2. The van der Waals surface area contributed by atoms with Crippen LogP contribution in [0.25, 0.3) is 0 Å². The molecule has 0 amide bonds. The third-order valence-corrected chi connectivity index (χ3v) is 0.898. The first-order chi connectivity index (χ1) is 4.95. The van der Waals surface area contributed by atoms with Crippen LogP contribution in [0.15, 0.2) is 24.0 Å². The molecule has 0 aromatic rings. The number of nitrogens with zero attached hydrogens (tertiary/aromatic N) is 2. The number of allylic oxidation sites excluding steroid dienone is 2. The predicted octanol–water partition coefficient (Wildman–Crippen LogP) is 0.957. The molecule has 6 nitrogen and oxygen atoms in total. The van der Waals surface area contributed by atoms with Crippen molar-refractivity contribution in [1.82, 2.24) is 0 Å². The normalized spacial score (nSPS) is 10.8. The standard InChI is InChI=1S/C5H6N2O4/c1-4(6(8)9)3-5(2)7(10)11/h3H,1H2,2H3/b5-3+. The van der Waals surface area contributed by atoms with Gasteiger partial charge in [-0.3, -0.25) is 20.2 Å². The summed E-state index contributed by atoms with van der Waals surface area (Å²) < 4.78 is 0. The summed E-state index contributed by atoms with van der Waals surface area (Å²) in [5, 5.41) is 19.8. The topological polar surface area (TPSA) is 86.3 Å². The molecule has 0 atom stereocenters. The minimum absolute atomic E-state index is 0.299. The largest absolute Gasteiger partial charge is 0.268 e. The van der Waals surface area contributed by atoms with E-state index in [4.69, 9.17) is 0 Å². The maximum absolute atomic E-state index is 9.93. The smallest absolute Gasteiger partial charge is 0.259 e. The lowest BCUT2D eigenvalue weighted by atomic mass is 10.4. The van der Waals surface area contributed by atoms with Gasteiger partial charge in [0.05, 0.1) is 15.9 Å². The maximum Gasteiger partial charge on any atom is 0.268 e. The fourth-order valence-electron chi connectivity index (χ4n) is 0.347. The fourth-order valence-corrected chi connectivity index (χ4v) is 0.347. The third kappa shape index (κ3) is 3.09. The van der Waals surface area contributed by atoms with E-state index in [1.807, 2.05) is 0 Å². The van der Waals surface area contributed by atoms with Gasteiger partial charge in [0.15, 0.2) is 0 Å². The maximum atomic E-state index is 9.93. The van der Waals surface area contributed by atoms with Crippen LogP contribution in [-0.4, -0.2) is 9.85 Å². The lowest BCUT2D eigenvalue weighted by Gasteiger charge is -1.87. The number of rotatable bonds is 3. The van der Waals surface area contributed by atoms with Gasteiger partial charge >= 0.3 is 0 Å². The SMILES string of the molecule is C=C(/C=C(\C)[N+](=O)[O-])[N+](=O)[O-]. The van der Waals surface area contributed by atoms with E-state index in [0.29, 0.717) is 0 Å². The molecule has 0 aliphatic rings. The quantitative estimate of drug-likeness (QED) is 0.347. The Morgan fingerprint density at radius 1 is 1.36 bits per heavy atom. The molecule has 0 fully saturated rings. The first kappa shape index (κ1) is 9.28. The minimum atomic E-state index is -0.785. The second-order valence-electron chi connectivity index (χ2n) is 1.79. The van der Waals surface area contributed by atoms with E-state index in [0.717, 1.165) is 13.0 Å². The first-order valence-electron chi connectivity index (χ1n) is 2.61. The first-order valence-corrected chi connectivity index (χ1v) is 2.61. The van der Waals surface area contributed by atoms with Gasteiger partial charge in [-0.05, 0) is 6.58 Å². The van der Waals surface area contributed by atoms with Crippen molar-refractivity contribution in [1.29, 1.82) is 0 Å². The zero-order valence-electron chi connectivity index (χ0n) is 5.81. The van der Waals surface area contributed by atoms with Crippen LogP contribution in [-0.2, 0) is 0 Å². The van der Waals surface area contributed by atoms with Gasteiger partial charge in [0.25, 0.3) is 5.70 Å². The molecule has 0 unspecified atom stereocenters. The van der Waals surface area contributed by atoms with Gasteiger partial charge < -0.3 is 0 Å². The lowest BCUT2D eigenvalue weighted by Crippen LogP contribution is -1.98. The Labute approximate surface area is 62.1 Å². The summed E-state index contributed by atoms with van der Waals surface area (Å²) >= 11 is 0. The summed E-state index contributed by atoms with van der Waals surface area (Å²) in [6, 6.07) is 0. The van der Waals surface area contributed by atoms with Gasteiger partial charge in [0, 0.05) is 6.92 Å². The molecular formula is C5H6N2O4. The molecule has 0 aromatic carbocycles. The molecule has 0 bridgehead atoms. The average molecular weight is 158 g/mol. The van der Waals surface area contributed by atoms with Crippen LogP contribution in [0.3, 0.4) is 0 Å². The molecule has 0 radical (unpaired) electrons. The van der Waals surface area contributed by atoms with Gasteiger partial charge in [0.1, 0.15) is 0 Å². The van der Waals surface area contributed by atoms with E-state index in [1.54, 1.807) is 0 Å². The van der Waals surface area contributed by atoms with E-state index in [1.165, 1.54) is 0 Å². The van der Waals surface area contributed by atoms with Crippen molar-refractivity contribution >= 4 is 0 Å². The van der Waals surface area contributed by atoms with Crippen LogP contribution in [0, 0.1) is 20.2 Å². The van der Waals surface area contributed by atoms with Crippen molar-refractivity contribution in [2.75, 3.05) is 0 Å². The van der Waals surface area contributed by atoms with Crippen LogP contribution >= 0.6 is 0 Å². The molecule has 0 spiro atoms. The Kier molecular flexibility index (Phi) is 2.91. The Hall–Kier alpha value is -1.72. The number of hydrogen-bond acceptors (Lipinski definition) is 4. The molecule has 0 aliphatic heterocycles. The zero-order chi connectivity index (χ0) is 9.02. The molecule has 60 valence electrons. The Bertz CT molecular complexity index is 243. The molecule has 6 heteroatoms. The lowest BCUT2D eigenvalue weighted by molar-refractivity contribution is -0.433. The molecule has 0 aromatic heterocycles. The second kappa shape index (κ2) is 3.45. The van der Waals surface area contributed by atoms with E-state index < -0.39 is 15.5 Å². The molecular weight excluding hydrogens is 152 g/mol. The highest BCUT2D eigenvalue weighted by molar-refractivity contribution is 5.08. The summed E-state index contributed by atoms with van der Waals surface area (Å²) in [4.78, 5) is 18.3. The van der Waals surface area contributed by atoms with Crippen molar-refractivity contribution in [2.45, 2.75) is 6.92 Å². The fraction of sp³-hybridized carbons (Fsp3) is 0.200. The van der Waals surface area contributed by atoms with Gasteiger partial charge in [-0.2, -0.15) is 0 Å². The monoisotopic (exact) mass is 158 g/mol.